The van der Waals surface area contributed by atoms with Crippen LogP contribution in [0.4, 0.5) is 0 Å². The van der Waals surface area contributed by atoms with Crippen molar-refractivity contribution in [2.45, 2.75) is 63.5 Å². The van der Waals surface area contributed by atoms with Crippen LogP contribution in [-0.4, -0.2) is 49.6 Å². The van der Waals surface area contributed by atoms with Gasteiger partial charge in [0.05, 0.1) is 11.3 Å². The summed E-state index contributed by atoms with van der Waals surface area (Å²) >= 11 is 0. The normalized spacial score (nSPS) is 22.4. The van der Waals surface area contributed by atoms with Gasteiger partial charge in [0, 0.05) is 19.1 Å². The lowest BCUT2D eigenvalue weighted by Crippen LogP contribution is -2.56. The minimum atomic E-state index is -3.17. The molecule has 0 aromatic carbocycles. The fourth-order valence-corrected chi connectivity index (χ4v) is 4.72. The van der Waals surface area contributed by atoms with E-state index in [1.165, 1.54) is 0 Å². The molecule has 2 fully saturated rings. The van der Waals surface area contributed by atoms with Crippen LogP contribution in [0.5, 0.6) is 0 Å². The molecule has 0 aromatic heterocycles. The van der Waals surface area contributed by atoms with Crippen LogP contribution in [0.2, 0.25) is 0 Å². The molecule has 1 saturated carbocycles. The molecule has 130 valence electrons. The van der Waals surface area contributed by atoms with E-state index in [0.29, 0.717) is 32.4 Å². The van der Waals surface area contributed by atoms with E-state index < -0.39 is 15.6 Å². The first-order valence-corrected chi connectivity index (χ1v) is 9.60. The maximum Gasteiger partial charge on any atom is 0.242 e. The van der Waals surface area contributed by atoms with Gasteiger partial charge in [-0.1, -0.05) is 19.8 Å². The third-order valence-corrected chi connectivity index (χ3v) is 6.16. The number of amides is 1. The molecule has 1 heterocycles. The highest BCUT2D eigenvalue weighted by Crippen LogP contribution is 2.30. The molecule has 0 spiro atoms. The van der Waals surface area contributed by atoms with Crippen LogP contribution >= 0.6 is 12.4 Å². The second kappa shape index (κ2) is 7.95. The van der Waals surface area contributed by atoms with E-state index in [2.05, 4.69) is 4.72 Å². The Morgan fingerprint density at radius 1 is 1.27 bits per heavy atom. The largest absolute Gasteiger partial charge is 0.341 e. The Hall–Kier alpha value is -0.370. The van der Waals surface area contributed by atoms with E-state index in [9.17, 15) is 13.2 Å². The van der Waals surface area contributed by atoms with Crippen LogP contribution in [0.1, 0.15) is 51.9 Å². The Labute approximate surface area is 139 Å². The van der Waals surface area contributed by atoms with E-state index in [0.717, 1.165) is 25.7 Å². The lowest BCUT2D eigenvalue weighted by atomic mass is 9.95. The van der Waals surface area contributed by atoms with Gasteiger partial charge in [-0.15, -0.1) is 12.4 Å². The second-order valence-electron chi connectivity index (χ2n) is 6.37. The SMILES string of the molecule is CCCS(=O)(=O)NC1CCN(C(=O)C2(N)CCCC2)CC1.Cl. The van der Waals surface area contributed by atoms with Gasteiger partial charge in [-0.25, -0.2) is 13.1 Å². The summed E-state index contributed by atoms with van der Waals surface area (Å²) in [6.07, 6.45) is 5.55. The van der Waals surface area contributed by atoms with Crippen molar-refractivity contribution in [3.8, 4) is 0 Å². The summed E-state index contributed by atoms with van der Waals surface area (Å²) in [5.74, 6) is 0.216. The van der Waals surface area contributed by atoms with Gasteiger partial charge in [0.25, 0.3) is 0 Å². The molecular formula is C14H28ClN3O3S. The number of rotatable bonds is 5. The number of hydrogen-bond acceptors (Lipinski definition) is 4. The van der Waals surface area contributed by atoms with Gasteiger partial charge < -0.3 is 10.6 Å². The average molecular weight is 354 g/mol. The Morgan fingerprint density at radius 2 is 1.82 bits per heavy atom. The molecule has 3 N–H and O–H groups in total. The first-order chi connectivity index (χ1) is 9.86. The molecule has 0 atom stereocenters. The summed E-state index contributed by atoms with van der Waals surface area (Å²) in [6, 6.07) is -0.0529. The Kier molecular flexibility index (Phi) is 7.11. The van der Waals surface area contributed by atoms with E-state index in [1.807, 2.05) is 11.8 Å². The fraction of sp³-hybridized carbons (Fsp3) is 0.929. The van der Waals surface area contributed by atoms with E-state index in [1.54, 1.807) is 0 Å². The lowest BCUT2D eigenvalue weighted by Gasteiger charge is -2.36. The van der Waals surface area contributed by atoms with Crippen LogP contribution in [-0.2, 0) is 14.8 Å². The summed E-state index contributed by atoms with van der Waals surface area (Å²) in [5.41, 5.74) is 5.53. The number of nitrogens with one attached hydrogen (secondary N) is 1. The number of sulfonamides is 1. The highest BCUT2D eigenvalue weighted by molar-refractivity contribution is 7.89. The number of halogens is 1. The van der Waals surface area contributed by atoms with Gasteiger partial charge in [0.1, 0.15) is 0 Å². The van der Waals surface area contributed by atoms with Crippen LogP contribution in [0, 0.1) is 0 Å². The van der Waals surface area contributed by atoms with E-state index in [4.69, 9.17) is 5.73 Å². The summed E-state index contributed by atoms with van der Waals surface area (Å²) in [7, 11) is -3.17. The number of piperidine rings is 1. The number of nitrogens with zero attached hydrogens (tertiary/aromatic N) is 1. The maximum atomic E-state index is 12.5. The summed E-state index contributed by atoms with van der Waals surface area (Å²) in [4.78, 5) is 14.3. The van der Waals surface area contributed by atoms with Crippen molar-refractivity contribution in [3.05, 3.63) is 0 Å². The molecule has 1 aliphatic carbocycles. The van der Waals surface area contributed by atoms with Crippen molar-refractivity contribution in [1.82, 2.24) is 9.62 Å². The van der Waals surface area contributed by atoms with E-state index in [-0.39, 0.29) is 30.1 Å². The highest BCUT2D eigenvalue weighted by Gasteiger charge is 2.40. The number of likely N-dealkylation sites (tertiary alicyclic amines) is 1. The summed E-state index contributed by atoms with van der Waals surface area (Å²) in [6.45, 7) is 3.04. The molecule has 1 amide bonds. The molecule has 22 heavy (non-hydrogen) atoms. The zero-order valence-electron chi connectivity index (χ0n) is 13.2. The first kappa shape index (κ1) is 19.7. The number of hydrogen-bond donors (Lipinski definition) is 2. The van der Waals surface area contributed by atoms with Crippen molar-refractivity contribution in [2.24, 2.45) is 5.73 Å². The molecule has 0 unspecified atom stereocenters. The van der Waals surface area contributed by atoms with Crippen molar-refractivity contribution in [3.63, 3.8) is 0 Å². The van der Waals surface area contributed by atoms with Crippen LogP contribution in [0.3, 0.4) is 0 Å². The van der Waals surface area contributed by atoms with Crippen molar-refractivity contribution in [1.29, 1.82) is 0 Å². The standard InChI is InChI=1S/C14H27N3O3S.ClH/c1-2-11-21(19,20)16-12-5-9-17(10-6-12)13(18)14(15)7-3-4-8-14;/h12,16H,2-11,15H2,1H3;1H. The first-order valence-electron chi connectivity index (χ1n) is 7.94. The molecular weight excluding hydrogens is 326 g/mol. The third kappa shape index (κ3) is 4.81. The number of nitrogens with two attached hydrogens (primary N) is 1. The van der Waals surface area contributed by atoms with Gasteiger partial charge in [-0.2, -0.15) is 0 Å². The zero-order valence-corrected chi connectivity index (χ0v) is 14.8. The minimum Gasteiger partial charge on any atom is -0.341 e. The monoisotopic (exact) mass is 353 g/mol. The molecule has 0 radical (unpaired) electrons. The average Bonchev–Trinajstić information content (AvgIpc) is 2.86. The molecule has 2 aliphatic rings. The topological polar surface area (TPSA) is 92.5 Å². The Morgan fingerprint density at radius 3 is 2.32 bits per heavy atom. The fourth-order valence-electron chi connectivity index (χ4n) is 3.32. The van der Waals surface area contributed by atoms with E-state index >= 15 is 0 Å². The van der Waals surface area contributed by atoms with Crippen LogP contribution < -0.4 is 10.5 Å². The molecule has 0 bridgehead atoms. The van der Waals surface area contributed by atoms with Gasteiger partial charge in [0.2, 0.25) is 15.9 Å². The molecule has 2 rings (SSSR count). The third-order valence-electron chi connectivity index (χ3n) is 4.52. The molecule has 6 nitrogen and oxygen atoms in total. The molecule has 0 aromatic rings. The van der Waals surface area contributed by atoms with Crippen LogP contribution in [0.25, 0.3) is 0 Å². The smallest absolute Gasteiger partial charge is 0.242 e. The van der Waals surface area contributed by atoms with Gasteiger partial charge in [0.15, 0.2) is 0 Å². The van der Waals surface area contributed by atoms with Gasteiger partial charge in [-0.3, -0.25) is 4.79 Å². The minimum absolute atomic E-state index is 0. The zero-order chi connectivity index (χ0) is 15.5. The van der Waals surface area contributed by atoms with Crippen molar-refractivity contribution in [2.75, 3.05) is 18.8 Å². The van der Waals surface area contributed by atoms with Gasteiger partial charge >= 0.3 is 0 Å². The van der Waals surface area contributed by atoms with Crippen molar-refractivity contribution >= 4 is 28.3 Å². The maximum absolute atomic E-state index is 12.5. The highest BCUT2D eigenvalue weighted by atomic mass is 35.5. The molecule has 8 heteroatoms. The molecule has 1 aliphatic heterocycles. The summed E-state index contributed by atoms with van der Waals surface area (Å²) < 4.78 is 26.3. The van der Waals surface area contributed by atoms with Gasteiger partial charge in [-0.05, 0) is 32.1 Å². The summed E-state index contributed by atoms with van der Waals surface area (Å²) in [5, 5.41) is 0. The van der Waals surface area contributed by atoms with Crippen molar-refractivity contribution < 1.29 is 13.2 Å². The number of carbonyl (C=O) groups is 1. The second-order valence-corrected chi connectivity index (χ2v) is 8.24. The molecule has 1 saturated heterocycles. The number of carbonyl (C=O) groups excluding carboxylic acids is 1. The van der Waals surface area contributed by atoms with Crippen LogP contribution in [0.15, 0.2) is 0 Å². The lowest BCUT2D eigenvalue weighted by molar-refractivity contribution is -0.137. The predicted octanol–water partition coefficient (Wildman–Crippen LogP) is 1.00. The Balaban J connectivity index is 0.00000242. The quantitative estimate of drug-likeness (QED) is 0.771. The Bertz CT molecular complexity index is 470. The predicted molar refractivity (Wildman–Crippen MR) is 89.4 cm³/mol.